The van der Waals surface area contributed by atoms with Crippen molar-refractivity contribution in [3.63, 3.8) is 0 Å². The number of benzene rings is 1. The number of ether oxygens (including phenoxy) is 1. The molecule has 0 aromatic heterocycles. The minimum Gasteiger partial charge on any atom is -0.495 e. The van der Waals surface area contributed by atoms with E-state index in [0.29, 0.717) is 17.0 Å². The van der Waals surface area contributed by atoms with E-state index in [2.05, 4.69) is 12.2 Å². The van der Waals surface area contributed by atoms with Gasteiger partial charge in [0.25, 0.3) is 5.91 Å². The number of methoxy groups -OCH3 is 1. The number of para-hydroxylation sites is 1. The maximum atomic E-state index is 12.1. The number of hydrogen-bond acceptors (Lipinski definition) is 3. The number of carbonyl (C=O) groups is 1. The third kappa shape index (κ3) is 2.20. The van der Waals surface area contributed by atoms with Gasteiger partial charge in [-0.25, -0.2) is 0 Å². The Labute approximate surface area is 101 Å². The predicted molar refractivity (Wildman–Crippen MR) is 67.1 cm³/mol. The molecular formula is C13H18N2O2. The molecule has 0 aliphatic heterocycles. The fourth-order valence-corrected chi connectivity index (χ4v) is 2.09. The van der Waals surface area contributed by atoms with Gasteiger partial charge in [-0.15, -0.1) is 0 Å². The summed E-state index contributed by atoms with van der Waals surface area (Å²) in [5, 5.41) is 3.03. The molecule has 0 heterocycles. The first-order valence-corrected chi connectivity index (χ1v) is 5.81. The molecule has 3 N–H and O–H groups in total. The summed E-state index contributed by atoms with van der Waals surface area (Å²) in [6.07, 6.45) is 3.23. The van der Waals surface area contributed by atoms with Gasteiger partial charge < -0.3 is 15.8 Å². The normalized spacial score (nSPS) is 17.1. The van der Waals surface area contributed by atoms with Crippen LogP contribution in [0.5, 0.6) is 5.75 Å². The van der Waals surface area contributed by atoms with Crippen LogP contribution in [0.2, 0.25) is 0 Å². The fraction of sp³-hybridized carbons (Fsp3) is 0.462. The van der Waals surface area contributed by atoms with E-state index >= 15 is 0 Å². The van der Waals surface area contributed by atoms with Crippen molar-refractivity contribution in [2.24, 2.45) is 0 Å². The highest BCUT2D eigenvalue weighted by Gasteiger charge is 2.33. The van der Waals surface area contributed by atoms with Crippen LogP contribution in [0.4, 0.5) is 5.69 Å². The Hall–Kier alpha value is -1.71. The molecule has 0 radical (unpaired) electrons. The molecule has 1 aliphatic rings. The summed E-state index contributed by atoms with van der Waals surface area (Å²) in [5.41, 5.74) is 6.71. The molecular weight excluding hydrogens is 216 g/mol. The lowest BCUT2D eigenvalue weighted by molar-refractivity contribution is 0.0851. The van der Waals surface area contributed by atoms with Crippen LogP contribution >= 0.6 is 0 Å². The van der Waals surface area contributed by atoms with Gasteiger partial charge in [0.2, 0.25) is 0 Å². The Morgan fingerprint density at radius 1 is 1.47 bits per heavy atom. The van der Waals surface area contributed by atoms with Gasteiger partial charge in [0, 0.05) is 5.54 Å². The summed E-state index contributed by atoms with van der Waals surface area (Å²) < 4.78 is 5.10. The topological polar surface area (TPSA) is 64.3 Å². The van der Waals surface area contributed by atoms with E-state index < -0.39 is 0 Å². The molecule has 1 saturated carbocycles. The van der Waals surface area contributed by atoms with Crippen LogP contribution < -0.4 is 15.8 Å². The summed E-state index contributed by atoms with van der Waals surface area (Å²) in [6, 6.07) is 5.24. The van der Waals surface area contributed by atoms with Crippen molar-refractivity contribution in [3.05, 3.63) is 23.8 Å². The smallest absolute Gasteiger partial charge is 0.253 e. The van der Waals surface area contributed by atoms with Crippen LogP contribution in [0.3, 0.4) is 0 Å². The zero-order chi connectivity index (χ0) is 12.5. The van der Waals surface area contributed by atoms with Gasteiger partial charge in [-0.05, 0) is 38.3 Å². The van der Waals surface area contributed by atoms with Crippen molar-refractivity contribution in [2.75, 3.05) is 12.8 Å². The number of carbonyl (C=O) groups excluding carboxylic acids is 1. The van der Waals surface area contributed by atoms with Gasteiger partial charge in [-0.3, -0.25) is 4.79 Å². The van der Waals surface area contributed by atoms with Gasteiger partial charge in [0.15, 0.2) is 0 Å². The van der Waals surface area contributed by atoms with Gasteiger partial charge in [-0.1, -0.05) is 6.07 Å². The Morgan fingerprint density at radius 2 is 2.18 bits per heavy atom. The van der Waals surface area contributed by atoms with Crippen LogP contribution in [0.1, 0.15) is 36.5 Å². The molecule has 2 rings (SSSR count). The average molecular weight is 234 g/mol. The first kappa shape index (κ1) is 11.8. The lowest BCUT2D eigenvalue weighted by Crippen LogP contribution is -2.51. The molecule has 17 heavy (non-hydrogen) atoms. The van der Waals surface area contributed by atoms with Crippen molar-refractivity contribution < 1.29 is 9.53 Å². The molecule has 1 aromatic carbocycles. The number of nitrogens with two attached hydrogens (primary N) is 1. The van der Waals surface area contributed by atoms with Crippen LogP contribution in [-0.2, 0) is 0 Å². The molecule has 4 nitrogen and oxygen atoms in total. The fourth-order valence-electron chi connectivity index (χ4n) is 2.09. The lowest BCUT2D eigenvalue weighted by Gasteiger charge is -2.39. The number of rotatable bonds is 3. The molecule has 0 unspecified atom stereocenters. The maximum absolute atomic E-state index is 12.1. The third-order valence-corrected chi connectivity index (χ3v) is 3.40. The van der Waals surface area contributed by atoms with Crippen LogP contribution in [0.15, 0.2) is 18.2 Å². The molecule has 1 aliphatic carbocycles. The minimum absolute atomic E-state index is 0.0629. The van der Waals surface area contributed by atoms with Gasteiger partial charge in [0.1, 0.15) is 5.75 Å². The molecule has 0 atom stereocenters. The minimum atomic E-state index is -0.122. The largest absolute Gasteiger partial charge is 0.495 e. The highest BCUT2D eigenvalue weighted by molar-refractivity contribution is 6.00. The van der Waals surface area contributed by atoms with E-state index in [-0.39, 0.29) is 11.4 Å². The van der Waals surface area contributed by atoms with E-state index in [4.69, 9.17) is 10.5 Å². The second-order valence-electron chi connectivity index (χ2n) is 4.79. The van der Waals surface area contributed by atoms with E-state index in [1.54, 1.807) is 25.3 Å². The molecule has 92 valence electrons. The number of amides is 1. The maximum Gasteiger partial charge on any atom is 0.253 e. The Morgan fingerprint density at radius 3 is 2.71 bits per heavy atom. The van der Waals surface area contributed by atoms with Gasteiger partial charge >= 0.3 is 0 Å². The van der Waals surface area contributed by atoms with Crippen molar-refractivity contribution in [1.29, 1.82) is 0 Å². The second-order valence-corrected chi connectivity index (χ2v) is 4.79. The van der Waals surface area contributed by atoms with Crippen molar-refractivity contribution in [1.82, 2.24) is 5.32 Å². The molecule has 0 spiro atoms. The average Bonchev–Trinajstić information content (AvgIpc) is 2.27. The summed E-state index contributed by atoms with van der Waals surface area (Å²) >= 11 is 0. The SMILES string of the molecule is COc1cccc(C(=O)NC2(C)CCC2)c1N. The summed E-state index contributed by atoms with van der Waals surface area (Å²) in [4.78, 5) is 12.1. The monoisotopic (exact) mass is 234 g/mol. The summed E-state index contributed by atoms with van der Waals surface area (Å²) in [5.74, 6) is 0.417. The highest BCUT2D eigenvalue weighted by Crippen LogP contribution is 2.32. The Kier molecular flexibility index (Phi) is 2.96. The second kappa shape index (κ2) is 4.28. The molecule has 4 heteroatoms. The lowest BCUT2D eigenvalue weighted by atomic mass is 9.78. The number of hydrogen-bond donors (Lipinski definition) is 2. The molecule has 0 bridgehead atoms. The number of nitrogen functional groups attached to an aromatic ring is 1. The van der Waals surface area contributed by atoms with Crippen LogP contribution in [-0.4, -0.2) is 18.6 Å². The van der Waals surface area contributed by atoms with E-state index in [1.165, 1.54) is 6.42 Å². The standard InChI is InChI=1S/C13H18N2O2/c1-13(7-4-8-13)15-12(16)9-5-3-6-10(17-2)11(9)14/h3,5-6H,4,7-8,14H2,1-2H3,(H,15,16). The molecule has 0 saturated heterocycles. The Balaban J connectivity index is 2.19. The number of anilines is 1. The number of nitrogens with one attached hydrogen (secondary N) is 1. The zero-order valence-electron chi connectivity index (χ0n) is 10.2. The quantitative estimate of drug-likeness (QED) is 0.786. The first-order valence-electron chi connectivity index (χ1n) is 5.81. The van der Waals surface area contributed by atoms with Crippen molar-refractivity contribution in [3.8, 4) is 5.75 Å². The predicted octanol–water partition coefficient (Wildman–Crippen LogP) is 1.95. The molecule has 1 amide bonds. The summed E-state index contributed by atoms with van der Waals surface area (Å²) in [7, 11) is 1.54. The van der Waals surface area contributed by atoms with Crippen LogP contribution in [0.25, 0.3) is 0 Å². The third-order valence-electron chi connectivity index (χ3n) is 3.40. The van der Waals surface area contributed by atoms with E-state index in [0.717, 1.165) is 12.8 Å². The van der Waals surface area contributed by atoms with Gasteiger partial charge in [-0.2, -0.15) is 0 Å². The van der Waals surface area contributed by atoms with E-state index in [1.807, 2.05) is 0 Å². The summed E-state index contributed by atoms with van der Waals surface area (Å²) in [6.45, 7) is 2.06. The van der Waals surface area contributed by atoms with Crippen molar-refractivity contribution >= 4 is 11.6 Å². The first-order chi connectivity index (χ1) is 8.06. The van der Waals surface area contributed by atoms with Crippen LogP contribution in [0, 0.1) is 0 Å². The molecule has 1 aromatic rings. The zero-order valence-corrected chi connectivity index (χ0v) is 10.2. The van der Waals surface area contributed by atoms with Crippen molar-refractivity contribution in [2.45, 2.75) is 31.7 Å². The molecule has 1 fully saturated rings. The van der Waals surface area contributed by atoms with E-state index in [9.17, 15) is 4.79 Å². The van der Waals surface area contributed by atoms with Gasteiger partial charge in [0.05, 0.1) is 18.4 Å². The Bertz CT molecular complexity index is 439. The highest BCUT2D eigenvalue weighted by atomic mass is 16.5.